The van der Waals surface area contributed by atoms with E-state index in [9.17, 15) is 13.6 Å². The van der Waals surface area contributed by atoms with Gasteiger partial charge >= 0.3 is 0 Å². The highest BCUT2D eigenvalue weighted by Gasteiger charge is 2.16. The van der Waals surface area contributed by atoms with Crippen LogP contribution in [0.5, 0.6) is 11.5 Å². The van der Waals surface area contributed by atoms with Crippen LogP contribution in [0.1, 0.15) is 10.4 Å². The van der Waals surface area contributed by atoms with Gasteiger partial charge in [-0.15, -0.1) is 0 Å². The normalized spacial score (nSPS) is 12.9. The van der Waals surface area contributed by atoms with Gasteiger partial charge in [-0.2, -0.15) is 0 Å². The number of amides is 1. The monoisotopic (exact) mass is 363 g/mol. The molecule has 2 heterocycles. The van der Waals surface area contributed by atoms with E-state index in [1.54, 1.807) is 18.2 Å². The van der Waals surface area contributed by atoms with Gasteiger partial charge in [0.1, 0.15) is 24.5 Å². The van der Waals surface area contributed by atoms with Crippen molar-refractivity contribution in [2.45, 2.75) is 0 Å². The van der Waals surface area contributed by atoms with Crippen molar-refractivity contribution in [1.82, 2.24) is 10.4 Å². The number of hydrogen-bond acceptors (Lipinski definition) is 6. The lowest BCUT2D eigenvalue weighted by Crippen LogP contribution is -2.29. The van der Waals surface area contributed by atoms with Crippen molar-refractivity contribution in [3.63, 3.8) is 0 Å². The molecule has 0 saturated heterocycles. The number of hydrazine groups is 1. The fourth-order valence-electron chi connectivity index (χ4n) is 2.38. The summed E-state index contributed by atoms with van der Waals surface area (Å²) in [6, 6.07) is 6.76. The van der Waals surface area contributed by atoms with E-state index in [0.29, 0.717) is 35.0 Å². The van der Waals surface area contributed by atoms with Crippen LogP contribution in [0.4, 0.5) is 13.9 Å². The Morgan fingerprint density at radius 2 is 1.92 bits per heavy atom. The van der Waals surface area contributed by atoms with Gasteiger partial charge in [0.05, 0.1) is 4.70 Å². The molecule has 0 aliphatic carbocycles. The highest BCUT2D eigenvalue weighted by Crippen LogP contribution is 2.31. The quantitative estimate of drug-likeness (QED) is 0.700. The smallest absolute Gasteiger partial charge is 0.269 e. The van der Waals surface area contributed by atoms with Crippen molar-refractivity contribution in [1.29, 1.82) is 0 Å². The van der Waals surface area contributed by atoms with Gasteiger partial charge in [-0.3, -0.25) is 15.6 Å². The standard InChI is InChI=1S/C16H11F2N3O3S/c17-9-6-10(18)14-13(7-9)25-16(19-14)21-20-15(22)8-1-2-11-12(5-8)24-4-3-23-11/h1-2,5-7H,3-4H2,(H,19,21)(H,20,22). The van der Waals surface area contributed by atoms with E-state index in [2.05, 4.69) is 15.8 Å². The van der Waals surface area contributed by atoms with Crippen LogP contribution in [-0.4, -0.2) is 24.1 Å². The van der Waals surface area contributed by atoms with E-state index in [1.807, 2.05) is 0 Å². The number of ether oxygens (including phenoxy) is 2. The number of aromatic nitrogens is 1. The van der Waals surface area contributed by atoms with Gasteiger partial charge in [-0.25, -0.2) is 13.8 Å². The first-order valence-electron chi connectivity index (χ1n) is 7.32. The molecule has 1 amide bonds. The zero-order chi connectivity index (χ0) is 17.4. The van der Waals surface area contributed by atoms with Crippen LogP contribution in [-0.2, 0) is 0 Å². The summed E-state index contributed by atoms with van der Waals surface area (Å²) in [7, 11) is 0. The van der Waals surface area contributed by atoms with Gasteiger partial charge in [0, 0.05) is 11.6 Å². The molecule has 9 heteroatoms. The number of carbonyl (C=O) groups excluding carboxylic acids is 1. The third-order valence-electron chi connectivity index (χ3n) is 3.50. The van der Waals surface area contributed by atoms with Crippen LogP contribution in [0, 0.1) is 11.6 Å². The third-order valence-corrected chi connectivity index (χ3v) is 4.42. The molecule has 0 radical (unpaired) electrons. The Bertz CT molecular complexity index is 977. The fraction of sp³-hybridized carbons (Fsp3) is 0.125. The zero-order valence-electron chi connectivity index (χ0n) is 12.6. The van der Waals surface area contributed by atoms with Crippen molar-refractivity contribution in [3.8, 4) is 11.5 Å². The first-order chi connectivity index (χ1) is 12.1. The number of hydrogen-bond donors (Lipinski definition) is 2. The van der Waals surface area contributed by atoms with E-state index < -0.39 is 17.5 Å². The molecule has 0 unspecified atom stereocenters. The first-order valence-corrected chi connectivity index (χ1v) is 8.13. The molecule has 0 bridgehead atoms. The highest BCUT2D eigenvalue weighted by atomic mass is 32.1. The van der Waals surface area contributed by atoms with Crippen LogP contribution in [0.3, 0.4) is 0 Å². The second-order valence-electron chi connectivity index (χ2n) is 5.19. The Balaban J connectivity index is 1.49. The van der Waals surface area contributed by atoms with Gasteiger partial charge in [-0.05, 0) is 24.3 Å². The highest BCUT2D eigenvalue weighted by molar-refractivity contribution is 7.22. The van der Waals surface area contributed by atoms with E-state index in [1.165, 1.54) is 6.07 Å². The Kier molecular flexibility index (Phi) is 3.85. The van der Waals surface area contributed by atoms with E-state index in [-0.39, 0.29) is 10.6 Å². The number of nitrogens with zero attached hydrogens (tertiary/aromatic N) is 1. The summed E-state index contributed by atoms with van der Waals surface area (Å²) < 4.78 is 38.0. The Morgan fingerprint density at radius 3 is 2.76 bits per heavy atom. The lowest BCUT2D eigenvalue weighted by molar-refractivity contribution is 0.0961. The summed E-state index contributed by atoms with van der Waals surface area (Å²) in [6.07, 6.45) is 0. The van der Waals surface area contributed by atoms with Crippen molar-refractivity contribution in [2.75, 3.05) is 18.6 Å². The molecule has 6 nitrogen and oxygen atoms in total. The van der Waals surface area contributed by atoms with E-state index in [0.717, 1.165) is 17.4 Å². The largest absolute Gasteiger partial charge is 0.486 e. The van der Waals surface area contributed by atoms with Crippen LogP contribution in [0.15, 0.2) is 30.3 Å². The molecule has 0 fully saturated rings. The van der Waals surface area contributed by atoms with E-state index in [4.69, 9.17) is 9.47 Å². The summed E-state index contributed by atoms with van der Waals surface area (Å²) in [6.45, 7) is 0.888. The van der Waals surface area contributed by atoms with Gasteiger partial charge in [0.25, 0.3) is 5.91 Å². The number of rotatable bonds is 3. The van der Waals surface area contributed by atoms with Crippen molar-refractivity contribution < 1.29 is 23.0 Å². The molecule has 1 aliphatic rings. The van der Waals surface area contributed by atoms with Crippen LogP contribution in [0.25, 0.3) is 10.2 Å². The average Bonchev–Trinajstić information content (AvgIpc) is 3.02. The molecule has 128 valence electrons. The molecule has 0 saturated carbocycles. The summed E-state index contributed by atoms with van der Waals surface area (Å²) in [5, 5.41) is 0.241. The Morgan fingerprint density at radius 1 is 1.12 bits per heavy atom. The maximum absolute atomic E-state index is 13.6. The van der Waals surface area contributed by atoms with Crippen LogP contribution in [0.2, 0.25) is 0 Å². The Labute approximate surface area is 144 Å². The molecule has 1 aromatic heterocycles. The maximum atomic E-state index is 13.6. The number of anilines is 1. The van der Waals surface area contributed by atoms with E-state index >= 15 is 0 Å². The number of thiazole rings is 1. The van der Waals surface area contributed by atoms with Gasteiger partial charge in [0.15, 0.2) is 17.3 Å². The summed E-state index contributed by atoms with van der Waals surface area (Å²) >= 11 is 1.02. The van der Waals surface area contributed by atoms with Crippen molar-refractivity contribution in [2.24, 2.45) is 0 Å². The summed E-state index contributed by atoms with van der Waals surface area (Å²) in [4.78, 5) is 16.2. The minimum absolute atomic E-state index is 0.0440. The molecule has 0 spiro atoms. The molecular weight excluding hydrogens is 352 g/mol. The fourth-order valence-corrected chi connectivity index (χ4v) is 3.24. The minimum Gasteiger partial charge on any atom is -0.486 e. The molecule has 2 N–H and O–H groups in total. The first kappa shape index (κ1) is 15.6. The predicted octanol–water partition coefficient (Wildman–Crippen LogP) is 3.10. The third kappa shape index (κ3) is 3.05. The second kappa shape index (κ2) is 6.17. The molecule has 4 rings (SSSR count). The lowest BCUT2D eigenvalue weighted by atomic mass is 10.2. The predicted molar refractivity (Wildman–Crippen MR) is 88.1 cm³/mol. The molecule has 0 atom stereocenters. The number of carbonyl (C=O) groups is 1. The van der Waals surface area contributed by atoms with Crippen LogP contribution >= 0.6 is 11.3 Å². The average molecular weight is 363 g/mol. The molecular formula is C16H11F2N3O3S. The zero-order valence-corrected chi connectivity index (χ0v) is 13.5. The van der Waals surface area contributed by atoms with Gasteiger partial charge in [0.2, 0.25) is 5.13 Å². The second-order valence-corrected chi connectivity index (χ2v) is 6.22. The molecule has 25 heavy (non-hydrogen) atoms. The topological polar surface area (TPSA) is 72.5 Å². The lowest BCUT2D eigenvalue weighted by Gasteiger charge is -2.18. The Hall–Kier alpha value is -2.94. The minimum atomic E-state index is -0.752. The maximum Gasteiger partial charge on any atom is 0.269 e. The molecule has 1 aliphatic heterocycles. The summed E-state index contributed by atoms with van der Waals surface area (Å²) in [5.74, 6) is -0.781. The SMILES string of the molecule is O=C(NNc1nc2c(F)cc(F)cc2s1)c1ccc2c(c1)OCCO2. The van der Waals surface area contributed by atoms with Crippen LogP contribution < -0.4 is 20.3 Å². The van der Waals surface area contributed by atoms with Crippen molar-refractivity contribution >= 4 is 32.6 Å². The van der Waals surface area contributed by atoms with Gasteiger partial charge in [-0.1, -0.05) is 11.3 Å². The van der Waals surface area contributed by atoms with Crippen molar-refractivity contribution in [3.05, 3.63) is 47.5 Å². The molecule has 2 aromatic carbocycles. The number of benzene rings is 2. The molecule has 3 aromatic rings. The number of nitrogens with one attached hydrogen (secondary N) is 2. The number of fused-ring (bicyclic) bond motifs is 2. The van der Waals surface area contributed by atoms with Gasteiger partial charge < -0.3 is 9.47 Å². The summed E-state index contributed by atoms with van der Waals surface area (Å²) in [5.41, 5.74) is 5.47. The number of halogens is 2.